The van der Waals surface area contributed by atoms with Gasteiger partial charge in [-0.2, -0.15) is 8.78 Å². The maximum atomic E-state index is 12.3. The molecule has 1 aromatic carbocycles. The van der Waals surface area contributed by atoms with Gasteiger partial charge in [-0.15, -0.1) is 0 Å². The van der Waals surface area contributed by atoms with Crippen molar-refractivity contribution in [3.8, 4) is 0 Å². The first-order valence-electron chi connectivity index (χ1n) is 7.26. The van der Waals surface area contributed by atoms with Crippen molar-refractivity contribution < 1.29 is 13.6 Å². The van der Waals surface area contributed by atoms with E-state index >= 15 is 0 Å². The molecule has 0 radical (unpaired) electrons. The van der Waals surface area contributed by atoms with E-state index in [1.807, 2.05) is 0 Å². The first-order chi connectivity index (χ1) is 10.1. The number of anilines is 1. The van der Waals surface area contributed by atoms with Crippen molar-refractivity contribution in [2.24, 2.45) is 0 Å². The molecule has 1 aromatic rings. The Hall–Kier alpha value is -1.30. The van der Waals surface area contributed by atoms with Crippen LogP contribution in [0.1, 0.15) is 38.5 Å². The van der Waals surface area contributed by atoms with E-state index in [4.69, 9.17) is 0 Å². The molecule has 1 fully saturated rings. The second-order valence-corrected chi connectivity index (χ2v) is 6.26. The summed E-state index contributed by atoms with van der Waals surface area (Å²) in [6.07, 6.45) is 6.76. The highest BCUT2D eigenvalue weighted by atomic mass is 32.2. The maximum absolute atomic E-state index is 12.3. The van der Waals surface area contributed by atoms with E-state index in [0.29, 0.717) is 22.3 Å². The fourth-order valence-corrected chi connectivity index (χ4v) is 3.08. The number of carbonyl (C=O) groups excluding carboxylic acids is 1. The lowest BCUT2D eigenvalue weighted by molar-refractivity contribution is 0.247. The fourth-order valence-electron chi connectivity index (χ4n) is 2.53. The number of nitrogens with one attached hydrogen (secondary N) is 2. The molecule has 0 heterocycles. The van der Waals surface area contributed by atoms with Crippen LogP contribution in [0.15, 0.2) is 29.2 Å². The van der Waals surface area contributed by atoms with Gasteiger partial charge in [0, 0.05) is 16.6 Å². The molecule has 3 nitrogen and oxygen atoms in total. The SMILES string of the molecule is O=C(Nc1cccc(SC(F)F)c1)NC1CCCCCC1. The van der Waals surface area contributed by atoms with E-state index in [1.165, 1.54) is 12.8 Å². The summed E-state index contributed by atoms with van der Waals surface area (Å²) < 4.78 is 24.7. The predicted octanol–water partition coefficient (Wildman–Crippen LogP) is 4.85. The van der Waals surface area contributed by atoms with E-state index < -0.39 is 5.76 Å². The number of halogens is 2. The largest absolute Gasteiger partial charge is 0.335 e. The van der Waals surface area contributed by atoms with Crippen molar-refractivity contribution in [2.45, 2.75) is 55.2 Å². The van der Waals surface area contributed by atoms with Crippen LogP contribution >= 0.6 is 11.8 Å². The average Bonchev–Trinajstić information content (AvgIpc) is 2.66. The number of hydrogen-bond donors (Lipinski definition) is 2. The summed E-state index contributed by atoms with van der Waals surface area (Å²) in [7, 11) is 0. The molecule has 0 bridgehead atoms. The number of urea groups is 1. The molecule has 0 saturated heterocycles. The second-order valence-electron chi connectivity index (χ2n) is 5.19. The molecule has 0 spiro atoms. The molecule has 0 aromatic heterocycles. The van der Waals surface area contributed by atoms with Gasteiger partial charge < -0.3 is 10.6 Å². The lowest BCUT2D eigenvalue weighted by Crippen LogP contribution is -2.37. The Bertz CT molecular complexity index is 463. The summed E-state index contributed by atoms with van der Waals surface area (Å²) in [6, 6.07) is 6.47. The lowest BCUT2D eigenvalue weighted by Gasteiger charge is -2.17. The van der Waals surface area contributed by atoms with Crippen molar-refractivity contribution in [3.63, 3.8) is 0 Å². The van der Waals surface area contributed by atoms with Crippen molar-refractivity contribution in [2.75, 3.05) is 5.32 Å². The van der Waals surface area contributed by atoms with Crippen molar-refractivity contribution >= 4 is 23.5 Å². The van der Waals surface area contributed by atoms with Crippen LogP contribution in [0.2, 0.25) is 0 Å². The van der Waals surface area contributed by atoms with Crippen LogP contribution in [-0.4, -0.2) is 17.8 Å². The van der Waals surface area contributed by atoms with Crippen molar-refractivity contribution in [1.29, 1.82) is 0 Å². The molecule has 1 saturated carbocycles. The monoisotopic (exact) mass is 314 g/mol. The topological polar surface area (TPSA) is 41.1 Å². The Labute approximate surface area is 127 Å². The number of thioether (sulfide) groups is 1. The molecule has 1 aliphatic carbocycles. The molecular formula is C15H20F2N2OS. The van der Waals surface area contributed by atoms with Gasteiger partial charge in [0.15, 0.2) is 0 Å². The standard InChI is InChI=1S/C15H20F2N2OS/c16-14(17)21-13-9-5-8-12(10-13)19-15(20)18-11-6-3-1-2-4-7-11/h5,8-11,14H,1-4,6-7H2,(H2,18,19,20). The Balaban J connectivity index is 1.86. The Morgan fingerprint density at radius 1 is 1.19 bits per heavy atom. The third kappa shape index (κ3) is 5.91. The number of rotatable bonds is 4. The maximum Gasteiger partial charge on any atom is 0.319 e. The summed E-state index contributed by atoms with van der Waals surface area (Å²) in [4.78, 5) is 12.4. The quantitative estimate of drug-likeness (QED) is 0.616. The normalized spacial score (nSPS) is 16.5. The van der Waals surface area contributed by atoms with E-state index in [1.54, 1.807) is 24.3 Å². The smallest absolute Gasteiger partial charge is 0.319 e. The zero-order chi connectivity index (χ0) is 15.1. The zero-order valence-electron chi connectivity index (χ0n) is 11.8. The Kier molecular flexibility index (Phi) is 6.29. The fraction of sp³-hybridized carbons (Fsp3) is 0.533. The number of amides is 2. The summed E-state index contributed by atoms with van der Waals surface area (Å²) in [5.74, 6) is -2.46. The van der Waals surface area contributed by atoms with Gasteiger partial charge in [-0.3, -0.25) is 0 Å². The van der Waals surface area contributed by atoms with Crippen LogP contribution < -0.4 is 10.6 Å². The third-order valence-electron chi connectivity index (χ3n) is 3.51. The summed E-state index contributed by atoms with van der Waals surface area (Å²) >= 11 is 0.473. The van der Waals surface area contributed by atoms with Crippen LogP contribution in [0.25, 0.3) is 0 Å². The molecule has 0 aliphatic heterocycles. The van der Waals surface area contributed by atoms with Gasteiger partial charge in [-0.1, -0.05) is 43.5 Å². The highest BCUT2D eigenvalue weighted by Crippen LogP contribution is 2.27. The zero-order valence-corrected chi connectivity index (χ0v) is 12.6. The van der Waals surface area contributed by atoms with Gasteiger partial charge in [-0.25, -0.2) is 4.79 Å². The number of carbonyl (C=O) groups is 1. The second kappa shape index (κ2) is 8.22. The average molecular weight is 314 g/mol. The Morgan fingerprint density at radius 3 is 2.57 bits per heavy atom. The van der Waals surface area contributed by atoms with E-state index in [2.05, 4.69) is 10.6 Å². The first-order valence-corrected chi connectivity index (χ1v) is 8.14. The molecule has 2 amide bonds. The molecule has 0 atom stereocenters. The van der Waals surface area contributed by atoms with Crippen molar-refractivity contribution in [1.82, 2.24) is 5.32 Å². The highest BCUT2D eigenvalue weighted by Gasteiger charge is 2.14. The van der Waals surface area contributed by atoms with Crippen molar-refractivity contribution in [3.05, 3.63) is 24.3 Å². The van der Waals surface area contributed by atoms with Gasteiger partial charge in [0.25, 0.3) is 5.76 Å². The highest BCUT2D eigenvalue weighted by molar-refractivity contribution is 7.99. The first kappa shape index (κ1) is 16.1. The number of alkyl halides is 2. The van der Waals surface area contributed by atoms with Crippen LogP contribution in [-0.2, 0) is 0 Å². The number of benzene rings is 1. The van der Waals surface area contributed by atoms with Crippen LogP contribution in [0.3, 0.4) is 0 Å². The summed E-state index contributed by atoms with van der Waals surface area (Å²) in [6.45, 7) is 0. The van der Waals surface area contributed by atoms with E-state index in [0.717, 1.165) is 25.7 Å². The number of hydrogen-bond acceptors (Lipinski definition) is 2. The van der Waals surface area contributed by atoms with Gasteiger partial charge in [0.2, 0.25) is 0 Å². The molecule has 1 aliphatic rings. The minimum Gasteiger partial charge on any atom is -0.335 e. The van der Waals surface area contributed by atoms with Gasteiger partial charge in [0.05, 0.1) is 0 Å². The lowest BCUT2D eigenvalue weighted by atomic mass is 10.1. The molecule has 116 valence electrons. The van der Waals surface area contributed by atoms with Crippen LogP contribution in [0.5, 0.6) is 0 Å². The molecule has 0 unspecified atom stereocenters. The molecule has 2 N–H and O–H groups in total. The van der Waals surface area contributed by atoms with Gasteiger partial charge >= 0.3 is 6.03 Å². The van der Waals surface area contributed by atoms with Gasteiger partial charge in [-0.05, 0) is 31.0 Å². The minimum atomic E-state index is -2.46. The van der Waals surface area contributed by atoms with Crippen LogP contribution in [0, 0.1) is 0 Å². The predicted molar refractivity (Wildman–Crippen MR) is 81.9 cm³/mol. The van der Waals surface area contributed by atoms with Crippen LogP contribution in [0.4, 0.5) is 19.3 Å². The molecule has 2 rings (SSSR count). The van der Waals surface area contributed by atoms with E-state index in [-0.39, 0.29) is 12.1 Å². The molecular weight excluding hydrogens is 294 g/mol. The van der Waals surface area contributed by atoms with E-state index in [9.17, 15) is 13.6 Å². The molecule has 21 heavy (non-hydrogen) atoms. The summed E-state index contributed by atoms with van der Waals surface area (Å²) in [5.41, 5.74) is 0.534. The van der Waals surface area contributed by atoms with Gasteiger partial charge in [0.1, 0.15) is 0 Å². The third-order valence-corrected chi connectivity index (χ3v) is 4.21. The summed E-state index contributed by atoms with van der Waals surface area (Å²) in [5, 5.41) is 5.68. The Morgan fingerprint density at radius 2 is 1.90 bits per heavy atom. The molecule has 6 heteroatoms. The minimum absolute atomic E-state index is 0.214.